The summed E-state index contributed by atoms with van der Waals surface area (Å²) in [5.41, 5.74) is 3.42. The minimum absolute atomic E-state index is 0.0794. The number of fused-ring (bicyclic) bond motifs is 1. The fraction of sp³-hybridized carbons (Fsp3) is 0.333. The molecule has 0 aliphatic carbocycles. The molecule has 1 aliphatic heterocycles. The maximum absolute atomic E-state index is 12.8. The summed E-state index contributed by atoms with van der Waals surface area (Å²) in [6, 6.07) is 9.55. The van der Waals surface area contributed by atoms with Gasteiger partial charge in [0.2, 0.25) is 0 Å². The van der Waals surface area contributed by atoms with Crippen LogP contribution in [0.1, 0.15) is 28.8 Å². The third-order valence-corrected chi connectivity index (χ3v) is 4.62. The van der Waals surface area contributed by atoms with Gasteiger partial charge in [-0.25, -0.2) is 0 Å². The highest BCUT2D eigenvalue weighted by molar-refractivity contribution is 5.97. The second-order valence-corrected chi connectivity index (χ2v) is 6.35. The van der Waals surface area contributed by atoms with E-state index in [4.69, 9.17) is 0 Å². The van der Waals surface area contributed by atoms with Crippen LogP contribution in [0.3, 0.4) is 0 Å². The molecule has 1 aromatic carbocycles. The van der Waals surface area contributed by atoms with E-state index in [-0.39, 0.29) is 5.91 Å². The molecule has 24 heavy (non-hydrogen) atoms. The van der Waals surface area contributed by atoms with Crippen molar-refractivity contribution in [3.63, 3.8) is 0 Å². The normalized spacial score (nSPS) is 18.0. The Morgan fingerprint density at radius 1 is 1.25 bits per heavy atom. The molecule has 122 valence electrons. The number of piperidine rings is 1. The number of rotatable bonds is 3. The molecule has 0 spiro atoms. The van der Waals surface area contributed by atoms with Crippen LogP contribution in [0.2, 0.25) is 0 Å². The van der Waals surface area contributed by atoms with Crippen LogP contribution in [0.5, 0.6) is 0 Å². The third kappa shape index (κ3) is 2.99. The van der Waals surface area contributed by atoms with E-state index in [0.29, 0.717) is 11.5 Å². The summed E-state index contributed by atoms with van der Waals surface area (Å²) < 4.78 is 0. The van der Waals surface area contributed by atoms with Crippen LogP contribution in [0.25, 0.3) is 11.0 Å². The monoisotopic (exact) mass is 321 g/mol. The number of nitrogens with zero attached hydrogens (tertiary/aromatic N) is 4. The van der Waals surface area contributed by atoms with Crippen molar-refractivity contribution in [1.82, 2.24) is 25.3 Å². The standard InChI is InChI=1S/C18H19N5O/c24-18(15-5-6-16-17(10-15)21-22-20-16)23-8-2-4-14(12-23)9-13-3-1-7-19-11-13/h1,3,5-7,10-11,14H,2,4,8-9,12H2,(H,20,21,22)/t14-/m1/s1. The van der Waals surface area contributed by atoms with Crippen LogP contribution < -0.4 is 0 Å². The van der Waals surface area contributed by atoms with Crippen LogP contribution in [0, 0.1) is 5.92 Å². The highest BCUT2D eigenvalue weighted by atomic mass is 16.2. The molecule has 3 aromatic rings. The summed E-state index contributed by atoms with van der Waals surface area (Å²) in [7, 11) is 0. The van der Waals surface area contributed by atoms with Gasteiger partial charge in [-0.2, -0.15) is 15.4 Å². The Balaban J connectivity index is 1.47. The molecule has 0 saturated carbocycles. The molecule has 1 aliphatic rings. The number of likely N-dealkylation sites (tertiary alicyclic amines) is 1. The highest BCUT2D eigenvalue weighted by Gasteiger charge is 2.25. The van der Waals surface area contributed by atoms with E-state index in [2.05, 4.69) is 26.5 Å². The van der Waals surface area contributed by atoms with Crippen molar-refractivity contribution < 1.29 is 4.79 Å². The number of amides is 1. The SMILES string of the molecule is O=C(c1ccc2n[nH]nc2c1)N1CCC[C@H](Cc2cccnc2)C1. The van der Waals surface area contributed by atoms with Gasteiger partial charge in [-0.1, -0.05) is 6.07 Å². The minimum atomic E-state index is 0.0794. The van der Waals surface area contributed by atoms with Gasteiger partial charge in [-0.3, -0.25) is 9.78 Å². The smallest absolute Gasteiger partial charge is 0.253 e. The van der Waals surface area contributed by atoms with Crippen molar-refractivity contribution in [3.8, 4) is 0 Å². The molecule has 1 saturated heterocycles. The molecule has 4 rings (SSSR count). The molecule has 3 heterocycles. The number of H-pyrrole nitrogens is 1. The van der Waals surface area contributed by atoms with Crippen molar-refractivity contribution >= 4 is 16.9 Å². The molecule has 0 unspecified atom stereocenters. The van der Waals surface area contributed by atoms with Crippen LogP contribution in [-0.2, 0) is 6.42 Å². The summed E-state index contributed by atoms with van der Waals surface area (Å²) in [5.74, 6) is 0.568. The van der Waals surface area contributed by atoms with E-state index in [9.17, 15) is 4.79 Å². The molecular formula is C18H19N5O. The number of hydrogen-bond donors (Lipinski definition) is 1. The molecule has 1 amide bonds. The molecule has 2 aromatic heterocycles. The maximum atomic E-state index is 12.8. The quantitative estimate of drug-likeness (QED) is 0.804. The lowest BCUT2D eigenvalue weighted by atomic mass is 9.91. The van der Waals surface area contributed by atoms with Gasteiger partial charge < -0.3 is 4.90 Å². The van der Waals surface area contributed by atoms with Crippen molar-refractivity contribution in [2.45, 2.75) is 19.3 Å². The number of pyridine rings is 1. The van der Waals surface area contributed by atoms with Gasteiger partial charge in [-0.15, -0.1) is 0 Å². The molecule has 1 N–H and O–H groups in total. The number of carbonyl (C=O) groups is 1. The van der Waals surface area contributed by atoms with E-state index in [1.807, 2.05) is 35.4 Å². The van der Waals surface area contributed by atoms with Crippen molar-refractivity contribution in [1.29, 1.82) is 0 Å². The first-order chi connectivity index (χ1) is 11.8. The summed E-state index contributed by atoms with van der Waals surface area (Å²) in [4.78, 5) is 19.0. The number of carbonyl (C=O) groups excluding carboxylic acids is 1. The molecular weight excluding hydrogens is 302 g/mol. The number of aromatic nitrogens is 4. The van der Waals surface area contributed by atoms with E-state index in [0.717, 1.165) is 43.4 Å². The zero-order valence-electron chi connectivity index (χ0n) is 13.4. The summed E-state index contributed by atoms with van der Waals surface area (Å²) in [5, 5.41) is 10.7. The zero-order chi connectivity index (χ0) is 16.4. The van der Waals surface area contributed by atoms with E-state index >= 15 is 0 Å². The van der Waals surface area contributed by atoms with Gasteiger partial charge in [0.05, 0.1) is 0 Å². The average molecular weight is 321 g/mol. The number of hydrogen-bond acceptors (Lipinski definition) is 4. The highest BCUT2D eigenvalue weighted by Crippen LogP contribution is 2.22. The minimum Gasteiger partial charge on any atom is -0.338 e. The van der Waals surface area contributed by atoms with Crippen LogP contribution in [0.15, 0.2) is 42.7 Å². The van der Waals surface area contributed by atoms with Crippen LogP contribution >= 0.6 is 0 Å². The number of aromatic amines is 1. The lowest BCUT2D eigenvalue weighted by Gasteiger charge is -2.33. The van der Waals surface area contributed by atoms with Crippen molar-refractivity contribution in [3.05, 3.63) is 53.9 Å². The summed E-state index contributed by atoms with van der Waals surface area (Å²) in [6.07, 6.45) is 6.88. The fourth-order valence-corrected chi connectivity index (χ4v) is 3.42. The first-order valence-corrected chi connectivity index (χ1v) is 8.28. The second kappa shape index (κ2) is 6.39. The Bertz CT molecular complexity index is 845. The van der Waals surface area contributed by atoms with Gasteiger partial charge in [0.15, 0.2) is 0 Å². The average Bonchev–Trinajstić information content (AvgIpc) is 3.10. The Kier molecular flexibility index (Phi) is 3.94. The summed E-state index contributed by atoms with van der Waals surface area (Å²) in [6.45, 7) is 1.61. The van der Waals surface area contributed by atoms with E-state index in [1.54, 1.807) is 6.20 Å². The molecule has 0 bridgehead atoms. The molecule has 6 heteroatoms. The Morgan fingerprint density at radius 3 is 3.04 bits per heavy atom. The number of nitrogens with one attached hydrogen (secondary N) is 1. The van der Waals surface area contributed by atoms with Crippen LogP contribution in [-0.4, -0.2) is 44.3 Å². The molecule has 1 fully saturated rings. The lowest BCUT2D eigenvalue weighted by Crippen LogP contribution is -2.40. The predicted octanol–water partition coefficient (Wildman–Crippen LogP) is 2.45. The molecule has 1 atom stereocenters. The van der Waals surface area contributed by atoms with Gasteiger partial charge in [-0.05, 0) is 55.0 Å². The summed E-state index contributed by atoms with van der Waals surface area (Å²) >= 11 is 0. The fourth-order valence-electron chi connectivity index (χ4n) is 3.42. The zero-order valence-corrected chi connectivity index (χ0v) is 13.4. The Morgan fingerprint density at radius 2 is 2.17 bits per heavy atom. The van der Waals surface area contributed by atoms with Crippen LogP contribution in [0.4, 0.5) is 0 Å². The van der Waals surface area contributed by atoms with Gasteiger partial charge in [0.25, 0.3) is 5.91 Å². The predicted molar refractivity (Wildman–Crippen MR) is 90.5 cm³/mol. The Labute approximate surface area is 139 Å². The maximum Gasteiger partial charge on any atom is 0.253 e. The van der Waals surface area contributed by atoms with Gasteiger partial charge in [0, 0.05) is 31.0 Å². The van der Waals surface area contributed by atoms with Gasteiger partial charge in [0.1, 0.15) is 11.0 Å². The third-order valence-electron chi connectivity index (χ3n) is 4.62. The second-order valence-electron chi connectivity index (χ2n) is 6.35. The lowest BCUT2D eigenvalue weighted by molar-refractivity contribution is 0.0673. The van der Waals surface area contributed by atoms with E-state index < -0.39 is 0 Å². The van der Waals surface area contributed by atoms with E-state index in [1.165, 1.54) is 5.56 Å². The van der Waals surface area contributed by atoms with Crippen molar-refractivity contribution in [2.75, 3.05) is 13.1 Å². The topological polar surface area (TPSA) is 74.8 Å². The first-order valence-electron chi connectivity index (χ1n) is 8.28. The Hall–Kier alpha value is -2.76. The van der Waals surface area contributed by atoms with Gasteiger partial charge >= 0.3 is 0 Å². The first kappa shape index (κ1) is 14.8. The number of benzene rings is 1. The largest absolute Gasteiger partial charge is 0.338 e. The van der Waals surface area contributed by atoms with Crippen molar-refractivity contribution in [2.24, 2.45) is 5.92 Å². The molecule has 0 radical (unpaired) electrons. The molecule has 6 nitrogen and oxygen atoms in total.